The van der Waals surface area contributed by atoms with E-state index in [0.717, 1.165) is 33.5 Å². The summed E-state index contributed by atoms with van der Waals surface area (Å²) in [6.45, 7) is 4.07. The summed E-state index contributed by atoms with van der Waals surface area (Å²) in [4.78, 5) is 30.4. The molecular formula is C26H25ClN2O2. The summed E-state index contributed by atoms with van der Waals surface area (Å²) in [5.74, 6) is 0.426. The fourth-order valence-corrected chi connectivity index (χ4v) is 4.24. The van der Waals surface area contributed by atoms with E-state index in [-0.39, 0.29) is 23.7 Å². The van der Waals surface area contributed by atoms with Gasteiger partial charge in [-0.05, 0) is 29.2 Å². The summed E-state index contributed by atoms with van der Waals surface area (Å²) in [5, 5.41) is 0.654. The lowest BCUT2D eigenvalue weighted by atomic mass is 9.91. The van der Waals surface area contributed by atoms with Crippen molar-refractivity contribution in [2.75, 3.05) is 0 Å². The van der Waals surface area contributed by atoms with Crippen molar-refractivity contribution in [1.82, 2.24) is 4.57 Å². The molecular weight excluding hydrogens is 408 g/mol. The number of aliphatic imine (C=N–C) groups is 1. The predicted molar refractivity (Wildman–Crippen MR) is 126 cm³/mol. The van der Waals surface area contributed by atoms with Crippen LogP contribution < -0.4 is 5.56 Å². The molecule has 0 fully saturated rings. The molecule has 0 saturated heterocycles. The summed E-state index contributed by atoms with van der Waals surface area (Å²) < 4.78 is 1.58. The van der Waals surface area contributed by atoms with Gasteiger partial charge in [-0.25, -0.2) is 0 Å². The molecule has 0 radical (unpaired) electrons. The van der Waals surface area contributed by atoms with Crippen LogP contribution >= 0.6 is 11.6 Å². The Morgan fingerprint density at radius 3 is 2.42 bits per heavy atom. The largest absolute Gasteiger partial charge is 0.318 e. The molecule has 1 aromatic heterocycles. The Labute approximate surface area is 187 Å². The summed E-state index contributed by atoms with van der Waals surface area (Å²) in [6.07, 6.45) is 2.62. The maximum Gasteiger partial charge on any atom is 0.250 e. The van der Waals surface area contributed by atoms with Gasteiger partial charge in [-0.2, -0.15) is 0 Å². The highest BCUT2D eigenvalue weighted by atomic mass is 35.5. The summed E-state index contributed by atoms with van der Waals surface area (Å²) in [6, 6.07) is 16.8. The van der Waals surface area contributed by atoms with E-state index in [0.29, 0.717) is 11.4 Å². The van der Waals surface area contributed by atoms with Gasteiger partial charge in [-0.15, -0.1) is 0 Å². The number of pyridine rings is 1. The van der Waals surface area contributed by atoms with Crippen LogP contribution in [0.15, 0.2) is 70.6 Å². The number of ketones is 1. The second kappa shape index (κ2) is 8.64. The number of halogens is 1. The third-order valence-corrected chi connectivity index (χ3v) is 5.80. The van der Waals surface area contributed by atoms with E-state index in [2.05, 4.69) is 0 Å². The lowest BCUT2D eigenvalue weighted by Gasteiger charge is -2.16. The van der Waals surface area contributed by atoms with Gasteiger partial charge in [-0.1, -0.05) is 61.8 Å². The number of carbonyl (C=O) groups is 1. The zero-order valence-corrected chi connectivity index (χ0v) is 18.7. The number of nitrogens with zero attached hydrogens (tertiary/aromatic N) is 2. The van der Waals surface area contributed by atoms with E-state index in [9.17, 15) is 9.59 Å². The minimum atomic E-state index is -0.423. The topological polar surface area (TPSA) is 51.4 Å². The van der Waals surface area contributed by atoms with Crippen LogP contribution in [0.4, 0.5) is 0 Å². The van der Waals surface area contributed by atoms with Crippen LogP contribution in [-0.4, -0.2) is 16.1 Å². The average molecular weight is 433 g/mol. The molecule has 0 bridgehead atoms. The molecule has 2 heterocycles. The third kappa shape index (κ3) is 4.40. The molecule has 1 aliphatic heterocycles. The van der Waals surface area contributed by atoms with Gasteiger partial charge in [0.05, 0.1) is 11.8 Å². The minimum absolute atomic E-state index is 0.109. The molecule has 0 spiro atoms. The number of fused-ring (bicyclic) bond motifs is 3. The van der Waals surface area contributed by atoms with Crippen molar-refractivity contribution in [3.63, 3.8) is 0 Å². The van der Waals surface area contributed by atoms with Crippen LogP contribution in [0.1, 0.15) is 49.4 Å². The maximum absolute atomic E-state index is 12.8. The van der Waals surface area contributed by atoms with Crippen LogP contribution in [0.3, 0.4) is 0 Å². The number of aromatic nitrogens is 1. The van der Waals surface area contributed by atoms with Gasteiger partial charge in [-0.3, -0.25) is 14.6 Å². The molecule has 0 saturated carbocycles. The van der Waals surface area contributed by atoms with Gasteiger partial charge >= 0.3 is 0 Å². The Morgan fingerprint density at radius 2 is 1.74 bits per heavy atom. The number of Topliss-reactive ketones (excluding diaryl/α,β-unsaturated/α-hetero) is 1. The van der Waals surface area contributed by atoms with Crippen LogP contribution in [0.2, 0.25) is 5.02 Å². The van der Waals surface area contributed by atoms with E-state index < -0.39 is 6.04 Å². The molecule has 0 amide bonds. The third-order valence-electron chi connectivity index (χ3n) is 5.55. The van der Waals surface area contributed by atoms with Crippen molar-refractivity contribution < 1.29 is 4.79 Å². The molecule has 1 atom stereocenters. The van der Waals surface area contributed by atoms with Crippen LogP contribution in [-0.2, 0) is 11.8 Å². The van der Waals surface area contributed by atoms with Crippen molar-refractivity contribution in [2.45, 2.75) is 32.7 Å². The number of aryl methyl sites for hydroxylation is 1. The van der Waals surface area contributed by atoms with Crippen LogP contribution in [0, 0.1) is 5.92 Å². The summed E-state index contributed by atoms with van der Waals surface area (Å²) in [5.41, 5.74) is 5.34. The first kappa shape index (κ1) is 21.3. The van der Waals surface area contributed by atoms with Crippen molar-refractivity contribution in [3.8, 4) is 11.1 Å². The van der Waals surface area contributed by atoms with E-state index in [1.807, 2.05) is 68.6 Å². The fourth-order valence-electron chi connectivity index (χ4n) is 4.11. The van der Waals surface area contributed by atoms with Crippen LogP contribution in [0.5, 0.6) is 0 Å². The molecule has 31 heavy (non-hydrogen) atoms. The lowest BCUT2D eigenvalue weighted by molar-refractivity contribution is -0.120. The Morgan fingerprint density at radius 1 is 1.06 bits per heavy atom. The van der Waals surface area contributed by atoms with E-state index in [4.69, 9.17) is 16.6 Å². The molecule has 1 aliphatic rings. The van der Waals surface area contributed by atoms with Gasteiger partial charge in [0.1, 0.15) is 5.78 Å². The predicted octanol–water partition coefficient (Wildman–Crippen LogP) is 5.60. The molecule has 5 heteroatoms. The molecule has 2 aromatic carbocycles. The Hall–Kier alpha value is -2.98. The molecule has 0 unspecified atom stereocenters. The van der Waals surface area contributed by atoms with E-state index >= 15 is 0 Å². The highest BCUT2D eigenvalue weighted by Gasteiger charge is 2.27. The standard InChI is InChI=1S/C26H25ClN2O2/c1-16(2)12-19(30)13-24-22-14-25(31)29(3)15-23(22)20-6-4-5-7-21(20)26(28-24)17-8-10-18(27)11-9-17/h4-11,14-16,24H,12-13H2,1-3H3/t24-/m0/s1. The second-order valence-corrected chi connectivity index (χ2v) is 8.91. The number of hydrogen-bond acceptors (Lipinski definition) is 3. The SMILES string of the molecule is CC(C)CC(=O)C[C@@H]1N=C(c2ccc(Cl)cc2)c2ccccc2-c2cn(C)c(=O)cc21. The fraction of sp³-hybridized carbons (Fsp3) is 0.269. The molecule has 0 aliphatic carbocycles. The number of rotatable bonds is 5. The number of hydrogen-bond donors (Lipinski definition) is 0. The molecule has 0 N–H and O–H groups in total. The first-order valence-corrected chi connectivity index (χ1v) is 10.9. The van der Waals surface area contributed by atoms with Crippen LogP contribution in [0.25, 0.3) is 11.1 Å². The zero-order chi connectivity index (χ0) is 22.1. The van der Waals surface area contributed by atoms with Gasteiger partial charge in [0.25, 0.3) is 5.56 Å². The lowest BCUT2D eigenvalue weighted by Crippen LogP contribution is -2.18. The van der Waals surface area contributed by atoms with Gasteiger partial charge in [0.2, 0.25) is 0 Å². The second-order valence-electron chi connectivity index (χ2n) is 8.48. The highest BCUT2D eigenvalue weighted by molar-refractivity contribution is 6.30. The molecule has 158 valence electrons. The van der Waals surface area contributed by atoms with E-state index in [1.165, 1.54) is 0 Å². The van der Waals surface area contributed by atoms with Crippen molar-refractivity contribution >= 4 is 23.1 Å². The smallest absolute Gasteiger partial charge is 0.250 e. The van der Waals surface area contributed by atoms with Gasteiger partial charge < -0.3 is 4.57 Å². The maximum atomic E-state index is 12.8. The Balaban J connectivity index is 1.96. The Bertz CT molecular complexity index is 1220. The number of benzene rings is 2. The summed E-state index contributed by atoms with van der Waals surface area (Å²) >= 11 is 6.11. The quantitative estimate of drug-likeness (QED) is 0.526. The van der Waals surface area contributed by atoms with Crippen molar-refractivity contribution in [3.05, 3.63) is 92.9 Å². The first-order chi connectivity index (χ1) is 14.8. The normalized spacial score (nSPS) is 15.1. The van der Waals surface area contributed by atoms with Gasteiger partial charge in [0, 0.05) is 53.9 Å². The zero-order valence-electron chi connectivity index (χ0n) is 17.9. The Kier molecular flexibility index (Phi) is 5.92. The van der Waals surface area contributed by atoms with E-state index in [1.54, 1.807) is 17.7 Å². The van der Waals surface area contributed by atoms with Crippen molar-refractivity contribution in [1.29, 1.82) is 0 Å². The molecule has 3 aromatic rings. The minimum Gasteiger partial charge on any atom is -0.318 e. The van der Waals surface area contributed by atoms with Gasteiger partial charge in [0.15, 0.2) is 0 Å². The van der Waals surface area contributed by atoms with Crippen molar-refractivity contribution in [2.24, 2.45) is 18.0 Å². The number of carbonyl (C=O) groups excluding carboxylic acids is 1. The molecule has 4 nitrogen and oxygen atoms in total. The highest BCUT2D eigenvalue weighted by Crippen LogP contribution is 2.38. The average Bonchev–Trinajstić information content (AvgIpc) is 2.84. The monoisotopic (exact) mass is 432 g/mol. The molecule has 4 rings (SSSR count). The first-order valence-electron chi connectivity index (χ1n) is 10.5. The summed E-state index contributed by atoms with van der Waals surface area (Å²) in [7, 11) is 1.75.